The minimum absolute atomic E-state index is 0.0727. The van der Waals surface area contributed by atoms with Gasteiger partial charge in [-0.25, -0.2) is 4.79 Å². The Morgan fingerprint density at radius 1 is 1.03 bits per heavy atom. The van der Waals surface area contributed by atoms with E-state index in [0.29, 0.717) is 34.7 Å². The molecule has 2 aromatic carbocycles. The fourth-order valence-corrected chi connectivity index (χ4v) is 5.95. The second kappa shape index (κ2) is 10.4. The second-order valence-corrected chi connectivity index (χ2v) is 11.6. The van der Waals surface area contributed by atoms with Crippen molar-refractivity contribution in [1.29, 1.82) is 5.26 Å². The van der Waals surface area contributed by atoms with E-state index in [1.54, 1.807) is 0 Å². The molecule has 3 aromatic rings. The number of carbonyl (C=O) groups is 2. The molecule has 1 saturated heterocycles. The molecule has 3 aliphatic rings. The number of nitrogens with one attached hydrogen (secondary N) is 1. The van der Waals surface area contributed by atoms with Crippen molar-refractivity contribution in [1.82, 2.24) is 9.47 Å². The number of hydrogen-bond donors (Lipinski definition) is 1. The van der Waals surface area contributed by atoms with Crippen LogP contribution >= 0.6 is 0 Å². The highest BCUT2D eigenvalue weighted by Crippen LogP contribution is 2.43. The number of ether oxygens (including phenoxy) is 1. The van der Waals surface area contributed by atoms with Gasteiger partial charge >= 0.3 is 6.09 Å². The minimum atomic E-state index is -0.441. The third kappa shape index (κ3) is 5.01. The summed E-state index contributed by atoms with van der Waals surface area (Å²) in [4.78, 5) is 27.7. The zero-order chi connectivity index (χ0) is 27.1. The molecule has 39 heavy (non-hydrogen) atoms. The summed E-state index contributed by atoms with van der Waals surface area (Å²) < 4.78 is 7.77. The van der Waals surface area contributed by atoms with E-state index in [1.165, 1.54) is 0 Å². The molecule has 2 saturated carbocycles. The number of hydrogen-bond acceptors (Lipinski definition) is 4. The summed E-state index contributed by atoms with van der Waals surface area (Å²) >= 11 is 0. The molecule has 202 valence electrons. The lowest BCUT2D eigenvalue weighted by Gasteiger charge is -2.31. The topological polar surface area (TPSA) is 87.4 Å². The number of rotatable bonds is 6. The molecule has 1 aliphatic heterocycles. The van der Waals surface area contributed by atoms with Crippen LogP contribution in [0.3, 0.4) is 0 Å². The lowest BCUT2D eigenvalue weighted by Crippen LogP contribution is -2.37. The molecule has 2 heterocycles. The summed E-state index contributed by atoms with van der Waals surface area (Å²) in [5.74, 6) is 1.21. The Labute approximate surface area is 229 Å². The Morgan fingerprint density at radius 2 is 1.74 bits per heavy atom. The molecule has 0 spiro atoms. The second-order valence-electron chi connectivity index (χ2n) is 11.6. The number of anilines is 1. The van der Waals surface area contributed by atoms with Crippen molar-refractivity contribution in [3.63, 3.8) is 0 Å². The summed E-state index contributed by atoms with van der Waals surface area (Å²) in [6.45, 7) is 5.77. The van der Waals surface area contributed by atoms with Crippen LogP contribution in [0, 0.1) is 23.2 Å². The number of amides is 2. The number of nitriles is 1. The van der Waals surface area contributed by atoms with Gasteiger partial charge in [-0.1, -0.05) is 25.1 Å². The third-order valence-corrected chi connectivity index (χ3v) is 8.86. The first kappa shape index (κ1) is 25.5. The van der Waals surface area contributed by atoms with Gasteiger partial charge in [0.25, 0.3) is 5.91 Å². The molecule has 7 nitrogen and oxygen atoms in total. The van der Waals surface area contributed by atoms with Crippen molar-refractivity contribution in [3.05, 3.63) is 53.6 Å². The molecule has 1 N–H and O–H groups in total. The third-order valence-electron chi connectivity index (χ3n) is 8.86. The van der Waals surface area contributed by atoms with E-state index in [2.05, 4.69) is 22.9 Å². The highest BCUT2D eigenvalue weighted by atomic mass is 16.6. The molecule has 6 rings (SSSR count). The van der Waals surface area contributed by atoms with Gasteiger partial charge < -0.3 is 14.2 Å². The molecule has 1 aromatic heterocycles. The van der Waals surface area contributed by atoms with Gasteiger partial charge in [0.1, 0.15) is 12.2 Å². The van der Waals surface area contributed by atoms with Gasteiger partial charge in [-0.15, -0.1) is 0 Å². The van der Waals surface area contributed by atoms with Crippen LogP contribution in [-0.4, -0.2) is 40.7 Å². The van der Waals surface area contributed by atoms with Crippen molar-refractivity contribution in [3.8, 4) is 17.3 Å². The number of benzene rings is 2. The zero-order valence-corrected chi connectivity index (χ0v) is 22.8. The molecular weight excluding hydrogens is 488 g/mol. The molecule has 2 amide bonds. The minimum Gasteiger partial charge on any atom is -0.446 e. The smallest absolute Gasteiger partial charge is 0.411 e. The summed E-state index contributed by atoms with van der Waals surface area (Å²) in [6.07, 6.45) is 7.05. The number of aromatic nitrogens is 1. The Morgan fingerprint density at radius 3 is 2.36 bits per heavy atom. The quantitative estimate of drug-likeness (QED) is 0.372. The Hall–Kier alpha value is -3.79. The van der Waals surface area contributed by atoms with Crippen LogP contribution in [0.2, 0.25) is 0 Å². The molecule has 7 heteroatoms. The SMILES string of the molecule is CC1CCN(C(=O)c2ccc3c(C#N)c(-c4ccc(NC(=O)O[C@H](C)C5CC5)cc4)n(C4CCC4)c3c2)CC1. The van der Waals surface area contributed by atoms with Gasteiger partial charge in [-0.2, -0.15) is 5.26 Å². The molecule has 0 bridgehead atoms. The van der Waals surface area contributed by atoms with Crippen LogP contribution in [0.1, 0.15) is 80.8 Å². The normalized spacial score (nSPS) is 18.8. The number of likely N-dealkylation sites (tertiary alicyclic amines) is 1. The molecule has 3 fully saturated rings. The highest BCUT2D eigenvalue weighted by molar-refractivity contribution is 6.01. The average Bonchev–Trinajstić information content (AvgIpc) is 3.72. The van der Waals surface area contributed by atoms with E-state index in [9.17, 15) is 14.9 Å². The van der Waals surface area contributed by atoms with Gasteiger partial charge in [0.05, 0.1) is 16.8 Å². The highest BCUT2D eigenvalue weighted by Gasteiger charge is 2.31. The maximum absolute atomic E-state index is 13.4. The monoisotopic (exact) mass is 524 g/mol. The number of piperidine rings is 1. The summed E-state index contributed by atoms with van der Waals surface area (Å²) in [7, 11) is 0. The van der Waals surface area contributed by atoms with E-state index in [4.69, 9.17) is 4.74 Å². The van der Waals surface area contributed by atoms with Crippen molar-refractivity contribution >= 4 is 28.6 Å². The molecular formula is C32H36N4O3. The van der Waals surface area contributed by atoms with Crippen molar-refractivity contribution in [2.45, 2.75) is 70.9 Å². The Balaban J connectivity index is 1.32. The van der Waals surface area contributed by atoms with Gasteiger partial charge in [0.15, 0.2) is 0 Å². The van der Waals surface area contributed by atoms with Crippen LogP contribution in [0.4, 0.5) is 10.5 Å². The molecule has 1 atom stereocenters. The van der Waals surface area contributed by atoms with Crippen LogP contribution < -0.4 is 5.32 Å². The largest absolute Gasteiger partial charge is 0.446 e. The Bertz CT molecular complexity index is 1430. The first-order valence-electron chi connectivity index (χ1n) is 14.4. The van der Waals surface area contributed by atoms with Crippen molar-refractivity contribution in [2.24, 2.45) is 11.8 Å². The summed E-state index contributed by atoms with van der Waals surface area (Å²) in [5, 5.41) is 14.0. The first-order valence-corrected chi connectivity index (χ1v) is 14.4. The standard InChI is InChI=1S/C32H36N4O3/c1-20-14-16-35(17-15-20)31(37)24-10-13-27-28(19-33)30(36(29(27)18-24)26-4-3-5-26)23-8-11-25(12-9-23)34-32(38)39-21(2)22-6-7-22/h8-13,18,20-22,26H,3-7,14-17H2,1-2H3,(H,34,38)/t21-/m1/s1. The van der Waals surface area contributed by atoms with E-state index in [0.717, 1.165) is 80.2 Å². The van der Waals surface area contributed by atoms with E-state index >= 15 is 0 Å². The zero-order valence-electron chi connectivity index (χ0n) is 22.8. The van der Waals surface area contributed by atoms with Crippen LogP contribution in [0.5, 0.6) is 0 Å². The van der Waals surface area contributed by atoms with Gasteiger partial charge in [-0.3, -0.25) is 10.1 Å². The number of nitrogens with zero attached hydrogens (tertiary/aromatic N) is 3. The van der Waals surface area contributed by atoms with Crippen molar-refractivity contribution in [2.75, 3.05) is 18.4 Å². The van der Waals surface area contributed by atoms with Crippen LogP contribution in [0.15, 0.2) is 42.5 Å². The maximum Gasteiger partial charge on any atom is 0.411 e. The number of fused-ring (bicyclic) bond motifs is 1. The van der Waals surface area contributed by atoms with Gasteiger partial charge in [0.2, 0.25) is 0 Å². The summed E-state index contributed by atoms with van der Waals surface area (Å²) in [5.41, 5.74) is 4.70. The fraction of sp³-hybridized carbons (Fsp3) is 0.469. The molecule has 2 aliphatic carbocycles. The lowest BCUT2D eigenvalue weighted by atomic mass is 9.92. The predicted octanol–water partition coefficient (Wildman–Crippen LogP) is 7.12. The molecule has 0 radical (unpaired) electrons. The van der Waals surface area contributed by atoms with Crippen LogP contribution in [-0.2, 0) is 4.74 Å². The fourth-order valence-electron chi connectivity index (χ4n) is 5.95. The maximum atomic E-state index is 13.4. The number of carbonyl (C=O) groups excluding carboxylic acids is 2. The van der Waals surface area contributed by atoms with E-state index in [-0.39, 0.29) is 12.0 Å². The predicted molar refractivity (Wildman–Crippen MR) is 152 cm³/mol. The molecule has 0 unspecified atom stereocenters. The lowest BCUT2D eigenvalue weighted by molar-refractivity contribution is 0.0697. The van der Waals surface area contributed by atoms with Gasteiger partial charge in [0, 0.05) is 35.8 Å². The van der Waals surface area contributed by atoms with E-state index in [1.807, 2.05) is 54.3 Å². The average molecular weight is 525 g/mol. The van der Waals surface area contributed by atoms with E-state index < -0.39 is 6.09 Å². The van der Waals surface area contributed by atoms with Gasteiger partial charge in [-0.05, 0) is 93.5 Å². The summed E-state index contributed by atoms with van der Waals surface area (Å²) in [6, 6.07) is 16.2. The van der Waals surface area contributed by atoms with Crippen LogP contribution in [0.25, 0.3) is 22.2 Å². The Kier molecular flexibility index (Phi) is 6.80. The van der Waals surface area contributed by atoms with Crippen molar-refractivity contribution < 1.29 is 14.3 Å². The first-order chi connectivity index (χ1) is 18.9.